The molecule has 0 bridgehead atoms. The van der Waals surface area contributed by atoms with Crippen LogP contribution in [0.3, 0.4) is 0 Å². The van der Waals surface area contributed by atoms with Crippen LogP contribution in [0, 0.1) is 31.0 Å². The summed E-state index contributed by atoms with van der Waals surface area (Å²) in [6.45, 7) is 3.13. The molecule has 0 unspecified atom stereocenters. The number of amides is 1. The second kappa shape index (κ2) is 8.26. The van der Waals surface area contributed by atoms with Crippen LogP contribution < -0.4 is 15.8 Å². The second-order valence-electron chi connectivity index (χ2n) is 8.05. The maximum Gasteiger partial charge on any atom is 0.275 e. The van der Waals surface area contributed by atoms with Crippen LogP contribution in [0.25, 0.3) is 0 Å². The highest BCUT2D eigenvalue weighted by Crippen LogP contribution is 2.68. The summed E-state index contributed by atoms with van der Waals surface area (Å²) in [7, 11) is 0. The molecule has 2 aromatic rings. The minimum atomic E-state index is -2.63. The van der Waals surface area contributed by atoms with Crippen molar-refractivity contribution >= 4 is 28.5 Å². The molecule has 1 fully saturated rings. The average Bonchev–Trinajstić information content (AvgIpc) is 3.52. The first kappa shape index (κ1) is 22.9. The van der Waals surface area contributed by atoms with Gasteiger partial charge in [0.15, 0.2) is 11.8 Å². The highest BCUT2D eigenvalue weighted by Gasteiger charge is 2.71. The lowest BCUT2D eigenvalue weighted by Crippen LogP contribution is -2.39. The molecule has 4 rings (SSSR count). The van der Waals surface area contributed by atoms with Gasteiger partial charge in [0, 0.05) is 17.2 Å². The minimum absolute atomic E-state index is 0.00645. The Morgan fingerprint density at radius 3 is 2.82 bits per heavy atom. The second-order valence-corrected chi connectivity index (χ2v) is 9.44. The Kier molecular flexibility index (Phi) is 5.74. The molecule has 172 valence electrons. The lowest BCUT2D eigenvalue weighted by Gasteiger charge is -2.34. The number of amidine groups is 1. The number of aryl methyl sites for hydroxylation is 1. The van der Waals surface area contributed by atoms with Crippen LogP contribution in [0.4, 0.5) is 18.9 Å². The molecule has 0 saturated heterocycles. The number of nitrogens with one attached hydrogen (secondary N) is 1. The topological polar surface area (TPSA) is 102 Å². The highest BCUT2D eigenvalue weighted by molar-refractivity contribution is 8.15. The first-order valence-electron chi connectivity index (χ1n) is 9.93. The number of aromatic nitrogens is 2. The largest absolute Gasteiger partial charge is 0.463 e. The van der Waals surface area contributed by atoms with Crippen molar-refractivity contribution in [2.75, 3.05) is 11.9 Å². The molecule has 11 heteroatoms. The summed E-state index contributed by atoms with van der Waals surface area (Å²) < 4.78 is 46.5. The molecule has 33 heavy (non-hydrogen) atoms. The number of benzene rings is 1. The number of hydrogen-bond acceptors (Lipinski definition) is 7. The van der Waals surface area contributed by atoms with E-state index >= 15 is 4.39 Å². The zero-order valence-corrected chi connectivity index (χ0v) is 18.5. The van der Waals surface area contributed by atoms with E-state index in [-0.39, 0.29) is 46.6 Å². The average molecular weight is 475 g/mol. The zero-order valence-electron chi connectivity index (χ0n) is 17.7. The Morgan fingerprint density at radius 2 is 2.18 bits per heavy atom. The van der Waals surface area contributed by atoms with Crippen LogP contribution in [0.5, 0.6) is 5.88 Å². The number of halogens is 3. The third-order valence-corrected chi connectivity index (χ3v) is 7.17. The van der Waals surface area contributed by atoms with Gasteiger partial charge in [0.1, 0.15) is 11.5 Å². The van der Waals surface area contributed by atoms with Crippen LogP contribution in [-0.2, 0) is 5.54 Å². The summed E-state index contributed by atoms with van der Waals surface area (Å²) in [5, 5.41) is 2.63. The number of nitrogens with two attached hydrogens (primary N) is 1. The van der Waals surface area contributed by atoms with Crippen molar-refractivity contribution in [1.29, 1.82) is 0 Å². The smallest absolute Gasteiger partial charge is 0.275 e. The van der Waals surface area contributed by atoms with E-state index < -0.39 is 34.4 Å². The molecular formula is C22H20F3N5O2S. The molecule has 1 aromatic carbocycles. The monoisotopic (exact) mass is 475 g/mol. The van der Waals surface area contributed by atoms with Crippen molar-refractivity contribution in [2.45, 2.75) is 37.0 Å². The van der Waals surface area contributed by atoms with Gasteiger partial charge in [-0.05, 0) is 38.0 Å². The number of fused-ring (bicyclic) bond motifs is 1. The fourth-order valence-corrected chi connectivity index (χ4v) is 5.47. The van der Waals surface area contributed by atoms with Crippen molar-refractivity contribution in [2.24, 2.45) is 16.6 Å². The Morgan fingerprint density at radius 1 is 1.42 bits per heavy atom. The Labute approximate surface area is 192 Å². The lowest BCUT2D eigenvalue weighted by molar-refractivity contribution is 0.102. The van der Waals surface area contributed by atoms with Crippen LogP contribution in [-0.4, -0.2) is 38.8 Å². The summed E-state index contributed by atoms with van der Waals surface area (Å²) in [5.74, 6) is 0.683. The highest BCUT2D eigenvalue weighted by atomic mass is 32.2. The summed E-state index contributed by atoms with van der Waals surface area (Å²) in [5.41, 5.74) is 5.15. The fraction of sp³-hybridized carbons (Fsp3) is 0.364. The summed E-state index contributed by atoms with van der Waals surface area (Å²) in [6, 6.07) is 2.84. The summed E-state index contributed by atoms with van der Waals surface area (Å²) in [4.78, 5) is 24.9. The third kappa shape index (κ3) is 3.99. The van der Waals surface area contributed by atoms with E-state index in [0.29, 0.717) is 0 Å². The molecule has 3 atom stereocenters. The first-order chi connectivity index (χ1) is 15.6. The standard InChI is InChI=1S/C22H20F3N5O2S/c1-4-5-32-16-10-27-14(9-28-16)18(31)29-12-6-11(2)17(23)13(7-12)21(3)15-8-22(15,19(24)25)33-20(26)30-21/h1,6-7,9-10,15,19H,5,8H2,2-3H3,(H2,26,30)(H,29,31)/t15-,21+,22-/m0/s1. The van der Waals surface area contributed by atoms with Gasteiger partial charge in [0.2, 0.25) is 5.88 Å². The Hall–Kier alpha value is -3.26. The number of aliphatic imine (C=N–C) groups is 1. The molecule has 2 heterocycles. The van der Waals surface area contributed by atoms with Crippen LogP contribution >= 0.6 is 11.8 Å². The third-order valence-electron chi connectivity index (χ3n) is 5.86. The van der Waals surface area contributed by atoms with Crippen molar-refractivity contribution < 1.29 is 22.7 Å². The number of hydrogen-bond donors (Lipinski definition) is 2. The molecule has 0 radical (unpaired) electrons. The van der Waals surface area contributed by atoms with Gasteiger partial charge in [-0.1, -0.05) is 17.7 Å². The van der Waals surface area contributed by atoms with Crippen LogP contribution in [0.1, 0.15) is 35.0 Å². The van der Waals surface area contributed by atoms with Gasteiger partial charge < -0.3 is 15.8 Å². The van der Waals surface area contributed by atoms with Gasteiger partial charge in [0.25, 0.3) is 12.3 Å². The van der Waals surface area contributed by atoms with Gasteiger partial charge in [-0.3, -0.25) is 9.79 Å². The maximum atomic E-state index is 15.2. The van der Waals surface area contributed by atoms with E-state index in [1.165, 1.54) is 31.5 Å². The maximum absolute atomic E-state index is 15.2. The Balaban J connectivity index is 1.63. The Bertz CT molecular complexity index is 1180. The zero-order chi connectivity index (χ0) is 24.0. The predicted octanol–water partition coefficient (Wildman–Crippen LogP) is 3.49. The molecule has 1 aliphatic carbocycles. The number of ether oxygens (including phenoxy) is 1. The molecule has 7 nitrogen and oxygen atoms in total. The number of nitrogens with zero attached hydrogens (tertiary/aromatic N) is 3. The molecule has 1 amide bonds. The summed E-state index contributed by atoms with van der Waals surface area (Å²) >= 11 is 0.845. The van der Waals surface area contributed by atoms with E-state index in [2.05, 4.69) is 26.2 Å². The van der Waals surface area contributed by atoms with Gasteiger partial charge in [-0.25, -0.2) is 23.1 Å². The summed E-state index contributed by atoms with van der Waals surface area (Å²) in [6.07, 6.45) is 5.11. The molecule has 1 aliphatic heterocycles. The number of carbonyl (C=O) groups excluding carboxylic acids is 1. The fourth-order valence-electron chi connectivity index (χ4n) is 4.13. The van der Waals surface area contributed by atoms with E-state index in [1.54, 1.807) is 6.92 Å². The number of thioether (sulfide) groups is 1. The van der Waals surface area contributed by atoms with Crippen molar-refractivity contribution in [3.63, 3.8) is 0 Å². The molecule has 3 N–H and O–H groups in total. The molecule has 2 aliphatic rings. The van der Waals surface area contributed by atoms with Crippen molar-refractivity contribution in [1.82, 2.24) is 9.97 Å². The lowest BCUT2D eigenvalue weighted by atomic mass is 9.84. The number of carbonyl (C=O) groups is 1. The van der Waals surface area contributed by atoms with Crippen molar-refractivity contribution in [3.8, 4) is 18.2 Å². The van der Waals surface area contributed by atoms with Crippen LogP contribution in [0.15, 0.2) is 29.5 Å². The number of anilines is 1. The van der Waals surface area contributed by atoms with Crippen molar-refractivity contribution in [3.05, 3.63) is 47.2 Å². The van der Waals surface area contributed by atoms with Gasteiger partial charge in [0.05, 0.1) is 22.7 Å². The molecule has 0 spiro atoms. The first-order valence-corrected chi connectivity index (χ1v) is 10.7. The number of alkyl halides is 2. The molecular weight excluding hydrogens is 455 g/mol. The molecule has 1 aromatic heterocycles. The number of terminal acetylenes is 1. The van der Waals surface area contributed by atoms with Gasteiger partial charge in [-0.15, -0.1) is 6.42 Å². The van der Waals surface area contributed by atoms with E-state index in [9.17, 15) is 13.6 Å². The van der Waals surface area contributed by atoms with Gasteiger partial charge in [-0.2, -0.15) is 0 Å². The number of rotatable bonds is 6. The normalized spacial score (nSPS) is 25.6. The minimum Gasteiger partial charge on any atom is -0.463 e. The van der Waals surface area contributed by atoms with Gasteiger partial charge >= 0.3 is 0 Å². The predicted molar refractivity (Wildman–Crippen MR) is 119 cm³/mol. The van der Waals surface area contributed by atoms with E-state index in [1.807, 2.05) is 0 Å². The molecule has 1 saturated carbocycles. The van der Waals surface area contributed by atoms with E-state index in [4.69, 9.17) is 16.9 Å². The SMILES string of the molecule is C#CCOc1cnc(C(=O)Nc2cc(C)c(F)c([C@@]3(C)N=C(N)S[C@@]4(C(F)F)C[C@@H]34)c2)cn1. The van der Waals surface area contributed by atoms with E-state index in [0.717, 1.165) is 11.8 Å². The quantitative estimate of drug-likeness (QED) is 0.620. The van der Waals surface area contributed by atoms with Crippen LogP contribution in [0.2, 0.25) is 0 Å².